The molecule has 0 radical (unpaired) electrons. The molecule has 1 aromatic rings. The summed E-state index contributed by atoms with van der Waals surface area (Å²) in [4.78, 5) is 5.05. The summed E-state index contributed by atoms with van der Waals surface area (Å²) in [5, 5.41) is 8.98. The molecule has 0 spiro atoms. The summed E-state index contributed by atoms with van der Waals surface area (Å²) in [5.74, 6) is 0.389. The standard InChI is InChI=1S/C9H12FNOS/c1-7-4-9(2-3-11-7)13-6-8(12)5-10/h2-4,8,12H,5-6H2,1H3. The number of aryl methyl sites for hydroxylation is 1. The largest absolute Gasteiger partial charge is 0.390 e. The van der Waals surface area contributed by atoms with Gasteiger partial charge in [-0.3, -0.25) is 4.98 Å². The molecular weight excluding hydrogens is 189 g/mol. The Labute approximate surface area is 81.2 Å². The third-order valence-electron chi connectivity index (χ3n) is 1.49. The molecule has 1 N–H and O–H groups in total. The van der Waals surface area contributed by atoms with Gasteiger partial charge in [0.1, 0.15) is 6.67 Å². The maximum absolute atomic E-state index is 11.9. The van der Waals surface area contributed by atoms with E-state index in [1.54, 1.807) is 6.20 Å². The number of aliphatic hydroxyl groups excluding tert-OH is 1. The first-order valence-corrected chi connectivity index (χ1v) is 5.00. The molecule has 0 saturated heterocycles. The lowest BCUT2D eigenvalue weighted by Gasteiger charge is -2.05. The SMILES string of the molecule is Cc1cc(SCC(O)CF)ccn1. The van der Waals surface area contributed by atoms with Gasteiger partial charge in [0, 0.05) is 22.5 Å². The second-order valence-electron chi connectivity index (χ2n) is 2.75. The minimum atomic E-state index is -0.863. The average molecular weight is 201 g/mol. The van der Waals surface area contributed by atoms with Gasteiger partial charge in [0.15, 0.2) is 0 Å². The van der Waals surface area contributed by atoms with E-state index >= 15 is 0 Å². The van der Waals surface area contributed by atoms with Crippen LogP contribution >= 0.6 is 11.8 Å². The summed E-state index contributed by atoms with van der Waals surface area (Å²) in [7, 11) is 0. The zero-order valence-corrected chi connectivity index (χ0v) is 8.22. The molecule has 0 amide bonds. The number of aliphatic hydroxyl groups is 1. The maximum atomic E-state index is 11.9. The van der Waals surface area contributed by atoms with E-state index in [4.69, 9.17) is 5.11 Å². The number of hydrogen-bond acceptors (Lipinski definition) is 3. The van der Waals surface area contributed by atoms with Gasteiger partial charge >= 0.3 is 0 Å². The van der Waals surface area contributed by atoms with Gasteiger partial charge in [-0.05, 0) is 19.1 Å². The van der Waals surface area contributed by atoms with Crippen molar-refractivity contribution in [3.05, 3.63) is 24.0 Å². The van der Waals surface area contributed by atoms with Crippen molar-refractivity contribution in [2.45, 2.75) is 17.9 Å². The molecule has 13 heavy (non-hydrogen) atoms. The monoisotopic (exact) mass is 201 g/mol. The van der Waals surface area contributed by atoms with Crippen LogP contribution in [0.25, 0.3) is 0 Å². The first-order valence-electron chi connectivity index (χ1n) is 4.02. The number of hydrogen-bond donors (Lipinski definition) is 1. The Kier molecular flexibility index (Phi) is 4.18. The van der Waals surface area contributed by atoms with Gasteiger partial charge in [-0.1, -0.05) is 0 Å². The van der Waals surface area contributed by atoms with Crippen molar-refractivity contribution < 1.29 is 9.50 Å². The van der Waals surface area contributed by atoms with Crippen molar-refractivity contribution in [3.8, 4) is 0 Å². The summed E-state index contributed by atoms with van der Waals surface area (Å²) in [6.45, 7) is 1.21. The van der Waals surface area contributed by atoms with E-state index in [1.165, 1.54) is 11.8 Å². The van der Waals surface area contributed by atoms with Crippen LogP contribution in [0.4, 0.5) is 4.39 Å². The van der Waals surface area contributed by atoms with E-state index in [-0.39, 0.29) is 0 Å². The highest BCUT2D eigenvalue weighted by Gasteiger charge is 2.03. The van der Waals surface area contributed by atoms with E-state index in [9.17, 15) is 4.39 Å². The smallest absolute Gasteiger partial charge is 0.116 e. The summed E-state index contributed by atoms with van der Waals surface area (Å²) in [5.41, 5.74) is 0.930. The lowest BCUT2D eigenvalue weighted by Crippen LogP contribution is -2.11. The fraction of sp³-hybridized carbons (Fsp3) is 0.444. The molecule has 1 unspecified atom stereocenters. The molecule has 2 nitrogen and oxygen atoms in total. The van der Waals surface area contributed by atoms with Crippen LogP contribution in [0, 0.1) is 6.92 Å². The van der Waals surface area contributed by atoms with Gasteiger partial charge < -0.3 is 5.11 Å². The van der Waals surface area contributed by atoms with Gasteiger partial charge in [0.25, 0.3) is 0 Å². The minimum absolute atomic E-state index is 0.389. The van der Waals surface area contributed by atoms with E-state index < -0.39 is 12.8 Å². The normalized spacial score (nSPS) is 12.8. The zero-order chi connectivity index (χ0) is 9.68. The Balaban J connectivity index is 2.45. The number of rotatable bonds is 4. The van der Waals surface area contributed by atoms with E-state index in [0.29, 0.717) is 5.75 Å². The summed E-state index contributed by atoms with van der Waals surface area (Å²) < 4.78 is 11.9. The number of aromatic nitrogens is 1. The summed E-state index contributed by atoms with van der Waals surface area (Å²) in [6, 6.07) is 3.76. The van der Waals surface area contributed by atoms with Crippen LogP contribution in [0.3, 0.4) is 0 Å². The van der Waals surface area contributed by atoms with Gasteiger partial charge in [0.05, 0.1) is 6.10 Å². The molecule has 1 heterocycles. The molecule has 0 aromatic carbocycles. The number of alkyl halides is 1. The first kappa shape index (κ1) is 10.5. The highest BCUT2D eigenvalue weighted by Crippen LogP contribution is 2.18. The minimum Gasteiger partial charge on any atom is -0.390 e. The number of halogens is 1. The molecule has 1 atom stereocenters. The van der Waals surface area contributed by atoms with Crippen molar-refractivity contribution in [2.75, 3.05) is 12.4 Å². The molecule has 0 aliphatic carbocycles. The molecule has 0 saturated carbocycles. The lowest BCUT2D eigenvalue weighted by molar-refractivity contribution is 0.162. The Bertz CT molecular complexity index is 270. The molecule has 0 aliphatic heterocycles. The van der Waals surface area contributed by atoms with Crippen LogP contribution in [-0.2, 0) is 0 Å². The van der Waals surface area contributed by atoms with Crippen molar-refractivity contribution in [1.82, 2.24) is 4.98 Å². The highest BCUT2D eigenvalue weighted by atomic mass is 32.2. The van der Waals surface area contributed by atoms with Gasteiger partial charge in [-0.2, -0.15) is 0 Å². The molecule has 4 heteroatoms. The summed E-state index contributed by atoms with van der Waals surface area (Å²) >= 11 is 1.44. The predicted molar refractivity (Wildman–Crippen MR) is 51.7 cm³/mol. The maximum Gasteiger partial charge on any atom is 0.116 e. The van der Waals surface area contributed by atoms with E-state index in [2.05, 4.69) is 4.98 Å². The van der Waals surface area contributed by atoms with Crippen molar-refractivity contribution >= 4 is 11.8 Å². The van der Waals surface area contributed by atoms with Crippen molar-refractivity contribution in [1.29, 1.82) is 0 Å². The van der Waals surface area contributed by atoms with Crippen LogP contribution in [-0.4, -0.2) is 28.6 Å². The summed E-state index contributed by atoms with van der Waals surface area (Å²) in [6.07, 6.45) is 0.845. The van der Waals surface area contributed by atoms with Crippen LogP contribution < -0.4 is 0 Å². The molecule has 0 aliphatic rings. The third kappa shape index (κ3) is 3.74. The Morgan fingerprint density at radius 2 is 2.46 bits per heavy atom. The predicted octanol–water partition coefficient (Wildman–Crippen LogP) is 1.81. The Morgan fingerprint density at radius 1 is 1.69 bits per heavy atom. The molecule has 0 bridgehead atoms. The van der Waals surface area contributed by atoms with Crippen LogP contribution in [0.2, 0.25) is 0 Å². The highest BCUT2D eigenvalue weighted by molar-refractivity contribution is 7.99. The van der Waals surface area contributed by atoms with Crippen LogP contribution in [0.15, 0.2) is 23.2 Å². The second-order valence-corrected chi connectivity index (χ2v) is 3.85. The Morgan fingerprint density at radius 3 is 3.08 bits per heavy atom. The zero-order valence-electron chi connectivity index (χ0n) is 7.40. The van der Waals surface area contributed by atoms with Gasteiger partial charge in [-0.25, -0.2) is 4.39 Å². The van der Waals surface area contributed by atoms with Gasteiger partial charge in [-0.15, -0.1) is 11.8 Å². The lowest BCUT2D eigenvalue weighted by atomic mass is 10.4. The molecule has 0 fully saturated rings. The molecule has 1 rings (SSSR count). The molecule has 72 valence electrons. The fourth-order valence-corrected chi connectivity index (χ4v) is 1.73. The second kappa shape index (κ2) is 5.19. The van der Waals surface area contributed by atoms with E-state index in [0.717, 1.165) is 10.6 Å². The first-order chi connectivity index (χ1) is 6.22. The quantitative estimate of drug-likeness (QED) is 0.754. The third-order valence-corrected chi connectivity index (χ3v) is 2.63. The van der Waals surface area contributed by atoms with Crippen LogP contribution in [0.1, 0.15) is 5.69 Å². The van der Waals surface area contributed by atoms with Crippen LogP contribution in [0.5, 0.6) is 0 Å². The number of thioether (sulfide) groups is 1. The average Bonchev–Trinajstić information content (AvgIpc) is 2.14. The number of nitrogens with zero attached hydrogens (tertiary/aromatic N) is 1. The van der Waals surface area contributed by atoms with Crippen molar-refractivity contribution in [3.63, 3.8) is 0 Å². The topological polar surface area (TPSA) is 33.1 Å². The van der Waals surface area contributed by atoms with Gasteiger partial charge in [0.2, 0.25) is 0 Å². The number of pyridine rings is 1. The molecular formula is C9H12FNOS. The van der Waals surface area contributed by atoms with Crippen molar-refractivity contribution in [2.24, 2.45) is 0 Å². The fourth-order valence-electron chi connectivity index (χ4n) is 0.846. The van der Waals surface area contributed by atoms with E-state index in [1.807, 2.05) is 19.1 Å². The Hall–Kier alpha value is -0.610. The molecule has 1 aromatic heterocycles.